The fourth-order valence-corrected chi connectivity index (χ4v) is 6.78. The van der Waals surface area contributed by atoms with Crippen molar-refractivity contribution >= 4 is 44.5 Å². The molecule has 1 aliphatic heterocycles. The van der Waals surface area contributed by atoms with Crippen molar-refractivity contribution in [2.75, 3.05) is 5.32 Å². The van der Waals surface area contributed by atoms with Crippen LogP contribution < -0.4 is 5.32 Å². The molecular formula is C24H25N5O2S2. The Kier molecular flexibility index (Phi) is 5.30. The number of thiazole rings is 2. The van der Waals surface area contributed by atoms with Crippen LogP contribution in [-0.4, -0.2) is 42.9 Å². The molecule has 0 unspecified atom stereocenters. The SMILES string of the molecule is O=C(CCc1nccs1)N1[C@H](c2cccc3scnc23)c2c(c[nH]c2O)N[C@@H]2CCCC[C@H]21. The van der Waals surface area contributed by atoms with Crippen molar-refractivity contribution < 1.29 is 9.90 Å². The minimum absolute atomic E-state index is 0.0493. The first-order valence-corrected chi connectivity index (χ1v) is 13.1. The second-order valence-electron chi connectivity index (χ2n) is 8.74. The maximum absolute atomic E-state index is 14.0. The second kappa shape index (κ2) is 8.46. The molecule has 4 aromatic rings. The van der Waals surface area contributed by atoms with Crippen molar-refractivity contribution in [2.24, 2.45) is 0 Å². The molecule has 1 aliphatic carbocycles. The Balaban J connectivity index is 1.50. The van der Waals surface area contributed by atoms with Gasteiger partial charge in [0.25, 0.3) is 0 Å². The Morgan fingerprint density at radius 3 is 3.00 bits per heavy atom. The average molecular weight is 480 g/mol. The summed E-state index contributed by atoms with van der Waals surface area (Å²) in [4.78, 5) is 28.0. The molecule has 3 aromatic heterocycles. The normalized spacial score (nSPS) is 22.4. The van der Waals surface area contributed by atoms with Crippen LogP contribution in [0, 0.1) is 0 Å². The van der Waals surface area contributed by atoms with E-state index >= 15 is 0 Å². The van der Waals surface area contributed by atoms with Crippen LogP contribution in [0.25, 0.3) is 10.2 Å². The number of carbonyl (C=O) groups excluding carboxylic acids is 1. The van der Waals surface area contributed by atoms with Gasteiger partial charge in [0.05, 0.1) is 44.1 Å². The molecule has 4 heterocycles. The molecule has 0 saturated heterocycles. The van der Waals surface area contributed by atoms with Gasteiger partial charge in [0, 0.05) is 42.2 Å². The molecule has 1 saturated carbocycles. The molecule has 3 atom stereocenters. The first-order valence-electron chi connectivity index (χ1n) is 11.4. The zero-order valence-electron chi connectivity index (χ0n) is 18.0. The van der Waals surface area contributed by atoms with Crippen molar-refractivity contribution in [2.45, 2.75) is 56.7 Å². The van der Waals surface area contributed by atoms with Gasteiger partial charge in [-0.1, -0.05) is 25.0 Å². The fraction of sp³-hybridized carbons (Fsp3) is 0.375. The van der Waals surface area contributed by atoms with E-state index in [1.807, 2.05) is 29.2 Å². The van der Waals surface area contributed by atoms with Crippen molar-refractivity contribution in [3.63, 3.8) is 0 Å². The van der Waals surface area contributed by atoms with E-state index in [1.165, 1.54) is 0 Å². The summed E-state index contributed by atoms with van der Waals surface area (Å²) in [7, 11) is 0. The van der Waals surface area contributed by atoms with Gasteiger partial charge < -0.3 is 20.3 Å². The van der Waals surface area contributed by atoms with Crippen molar-refractivity contribution in [3.8, 4) is 5.88 Å². The molecule has 2 aliphatic rings. The maximum atomic E-state index is 14.0. The number of amides is 1. The maximum Gasteiger partial charge on any atom is 0.224 e. The lowest BCUT2D eigenvalue weighted by atomic mass is 9.87. The zero-order valence-corrected chi connectivity index (χ0v) is 19.7. The first-order chi connectivity index (χ1) is 16.2. The Hall–Kier alpha value is -2.91. The lowest BCUT2D eigenvalue weighted by molar-refractivity contribution is -0.136. The predicted molar refractivity (Wildman–Crippen MR) is 131 cm³/mol. The van der Waals surface area contributed by atoms with Crippen LogP contribution in [0.5, 0.6) is 5.88 Å². The molecule has 0 radical (unpaired) electrons. The number of aromatic nitrogens is 3. The number of aromatic hydroxyl groups is 1. The van der Waals surface area contributed by atoms with Gasteiger partial charge in [0.1, 0.15) is 0 Å². The third kappa shape index (κ3) is 3.59. The molecule has 170 valence electrons. The summed E-state index contributed by atoms with van der Waals surface area (Å²) in [6, 6.07) is 5.91. The molecule has 1 aromatic carbocycles. The second-order valence-corrected chi connectivity index (χ2v) is 10.6. The number of hydrogen-bond acceptors (Lipinski definition) is 7. The number of anilines is 1. The summed E-state index contributed by atoms with van der Waals surface area (Å²) < 4.78 is 1.08. The summed E-state index contributed by atoms with van der Waals surface area (Å²) in [5, 5.41) is 17.5. The van der Waals surface area contributed by atoms with Gasteiger partial charge in [-0.3, -0.25) is 4.79 Å². The number of nitrogens with zero attached hydrogens (tertiary/aromatic N) is 3. The molecule has 1 fully saturated rings. The van der Waals surface area contributed by atoms with E-state index in [4.69, 9.17) is 0 Å². The van der Waals surface area contributed by atoms with Gasteiger partial charge in [-0.25, -0.2) is 9.97 Å². The summed E-state index contributed by atoms with van der Waals surface area (Å²) in [6.07, 6.45) is 8.79. The van der Waals surface area contributed by atoms with E-state index in [0.717, 1.165) is 57.7 Å². The first kappa shape index (κ1) is 20.7. The Morgan fingerprint density at radius 2 is 2.12 bits per heavy atom. The summed E-state index contributed by atoms with van der Waals surface area (Å²) in [5.74, 6) is 0.195. The minimum Gasteiger partial charge on any atom is -0.494 e. The van der Waals surface area contributed by atoms with E-state index in [1.54, 1.807) is 28.9 Å². The van der Waals surface area contributed by atoms with Gasteiger partial charge in [0.15, 0.2) is 5.88 Å². The number of aromatic amines is 1. The highest BCUT2D eigenvalue weighted by Crippen LogP contribution is 2.47. The molecule has 6 rings (SSSR count). The van der Waals surface area contributed by atoms with Crippen LogP contribution in [0.3, 0.4) is 0 Å². The van der Waals surface area contributed by atoms with Crippen LogP contribution in [0.1, 0.15) is 54.3 Å². The minimum atomic E-state index is -0.415. The Labute approximate surface area is 199 Å². The standard InChI is InChI=1S/C24H25N5O2S2/c30-20(9-8-19-25-10-11-32-19)29-17-6-2-1-5-15(17)28-16-12-26-24(31)21(16)23(29)14-4-3-7-18-22(14)27-13-33-18/h3-4,7,10-13,15,17,23,26,28,31H,1-2,5-6,8-9H2/t15-,17-,23-/m1/s1. The highest BCUT2D eigenvalue weighted by molar-refractivity contribution is 7.16. The lowest BCUT2D eigenvalue weighted by Gasteiger charge is -2.42. The van der Waals surface area contributed by atoms with Gasteiger partial charge in [-0.05, 0) is 18.9 Å². The van der Waals surface area contributed by atoms with E-state index in [2.05, 4.69) is 31.2 Å². The lowest BCUT2D eigenvalue weighted by Crippen LogP contribution is -2.51. The van der Waals surface area contributed by atoms with E-state index in [-0.39, 0.29) is 23.9 Å². The van der Waals surface area contributed by atoms with Crippen molar-refractivity contribution in [1.29, 1.82) is 0 Å². The van der Waals surface area contributed by atoms with Gasteiger partial charge >= 0.3 is 0 Å². The van der Waals surface area contributed by atoms with Crippen LogP contribution >= 0.6 is 22.7 Å². The molecule has 7 nitrogen and oxygen atoms in total. The van der Waals surface area contributed by atoms with Gasteiger partial charge in [0.2, 0.25) is 5.91 Å². The number of rotatable bonds is 4. The van der Waals surface area contributed by atoms with Crippen LogP contribution in [0.15, 0.2) is 41.5 Å². The highest BCUT2D eigenvalue weighted by atomic mass is 32.1. The fourth-order valence-electron chi connectivity index (χ4n) is 5.45. The van der Waals surface area contributed by atoms with Crippen molar-refractivity contribution in [3.05, 3.63) is 57.6 Å². The number of carbonyl (C=O) groups is 1. The van der Waals surface area contributed by atoms with Crippen LogP contribution in [-0.2, 0) is 11.2 Å². The van der Waals surface area contributed by atoms with Crippen LogP contribution in [0.4, 0.5) is 5.69 Å². The highest BCUT2D eigenvalue weighted by Gasteiger charge is 2.44. The molecule has 3 N–H and O–H groups in total. The molecule has 1 amide bonds. The predicted octanol–water partition coefficient (Wildman–Crippen LogP) is 5.07. The Morgan fingerprint density at radius 1 is 1.21 bits per heavy atom. The summed E-state index contributed by atoms with van der Waals surface area (Å²) in [5.41, 5.74) is 5.30. The molecule has 33 heavy (non-hydrogen) atoms. The number of nitrogens with one attached hydrogen (secondary N) is 2. The largest absolute Gasteiger partial charge is 0.494 e. The molecule has 0 bridgehead atoms. The van der Waals surface area contributed by atoms with Gasteiger partial charge in [-0.15, -0.1) is 22.7 Å². The van der Waals surface area contributed by atoms with E-state index in [0.29, 0.717) is 12.8 Å². The zero-order chi connectivity index (χ0) is 22.4. The molecule has 9 heteroatoms. The number of benzene rings is 1. The summed E-state index contributed by atoms with van der Waals surface area (Å²) in [6.45, 7) is 0. The summed E-state index contributed by atoms with van der Waals surface area (Å²) >= 11 is 3.18. The van der Waals surface area contributed by atoms with E-state index < -0.39 is 6.04 Å². The number of hydrogen-bond donors (Lipinski definition) is 3. The number of H-pyrrole nitrogens is 1. The third-order valence-corrected chi connectivity index (χ3v) is 8.52. The van der Waals surface area contributed by atoms with Crippen molar-refractivity contribution in [1.82, 2.24) is 19.9 Å². The third-order valence-electron chi connectivity index (χ3n) is 6.89. The average Bonchev–Trinajstić information content (AvgIpc) is 3.57. The molecular weight excluding hydrogens is 454 g/mol. The van der Waals surface area contributed by atoms with Gasteiger partial charge in [-0.2, -0.15) is 0 Å². The van der Waals surface area contributed by atoms with E-state index in [9.17, 15) is 9.90 Å². The Bertz CT molecular complexity index is 1280. The topological polar surface area (TPSA) is 94.1 Å². The molecule has 0 spiro atoms. The number of aryl methyl sites for hydroxylation is 1. The monoisotopic (exact) mass is 479 g/mol. The number of para-hydroxylation sites is 1. The van der Waals surface area contributed by atoms with Crippen LogP contribution in [0.2, 0.25) is 0 Å². The smallest absolute Gasteiger partial charge is 0.224 e. The number of fused-ring (bicyclic) bond motifs is 3. The quantitative estimate of drug-likeness (QED) is 0.380.